The number of halogens is 1. The van der Waals surface area contributed by atoms with E-state index in [0.29, 0.717) is 0 Å². The van der Waals surface area contributed by atoms with Gasteiger partial charge in [0.05, 0.1) is 0 Å². The van der Waals surface area contributed by atoms with Gasteiger partial charge in [-0.25, -0.2) is 0 Å². The van der Waals surface area contributed by atoms with E-state index in [-0.39, 0.29) is 42.8 Å². The first-order valence-corrected chi connectivity index (χ1v) is 7.23. The van der Waals surface area contributed by atoms with Crippen LogP contribution in [0.1, 0.15) is 0 Å². The molecule has 4 aromatic rings. The van der Waals surface area contributed by atoms with E-state index in [9.17, 15) is 0 Å². The van der Waals surface area contributed by atoms with Gasteiger partial charge in [0, 0.05) is 0 Å². The smallest absolute Gasteiger partial charge is 0.168 e. The molecule has 0 fully saturated rings. The minimum Gasteiger partial charge on any atom is -0.168 e. The Bertz CT molecular complexity index is 894. The number of benzene rings is 3. The Kier molecular flexibility index (Phi) is 6.18. The molecular formula is C21H16ILi. The van der Waals surface area contributed by atoms with Crippen molar-refractivity contribution in [1.82, 2.24) is 0 Å². The Morgan fingerprint density at radius 3 is 2.00 bits per heavy atom. The summed E-state index contributed by atoms with van der Waals surface area (Å²) in [6.45, 7) is 0. The average Bonchev–Trinajstić information content (AvgIpc) is 3.04. The maximum Gasteiger partial charge on any atom is 1.00 e. The van der Waals surface area contributed by atoms with Crippen molar-refractivity contribution >= 4 is 34.7 Å². The van der Waals surface area contributed by atoms with Gasteiger partial charge >= 0.3 is 18.9 Å². The van der Waals surface area contributed by atoms with Crippen LogP contribution in [0.3, 0.4) is 0 Å². The quantitative estimate of drug-likeness (QED) is 0.274. The molecule has 0 N–H and O–H groups in total. The molecule has 0 unspecified atom stereocenters. The van der Waals surface area contributed by atoms with E-state index >= 15 is 0 Å². The summed E-state index contributed by atoms with van der Waals surface area (Å²) in [4.78, 5) is 0. The second-order valence-corrected chi connectivity index (χ2v) is 5.25. The SMILES string of the molecule is I.[Li+].c1ccc(-c2ccccc2-c2cccc3[cH-]ccc23)cc1. The van der Waals surface area contributed by atoms with E-state index in [1.807, 2.05) is 0 Å². The summed E-state index contributed by atoms with van der Waals surface area (Å²) in [6.07, 6.45) is 0. The van der Waals surface area contributed by atoms with E-state index in [1.165, 1.54) is 33.0 Å². The van der Waals surface area contributed by atoms with Crippen LogP contribution in [0.5, 0.6) is 0 Å². The molecule has 0 nitrogen and oxygen atoms in total. The van der Waals surface area contributed by atoms with Crippen LogP contribution in [-0.2, 0) is 0 Å². The molecule has 0 saturated carbocycles. The summed E-state index contributed by atoms with van der Waals surface area (Å²) in [6, 6.07) is 32.2. The van der Waals surface area contributed by atoms with Gasteiger partial charge in [0.25, 0.3) is 0 Å². The van der Waals surface area contributed by atoms with Crippen LogP contribution >= 0.6 is 24.0 Å². The molecule has 108 valence electrons. The van der Waals surface area contributed by atoms with Crippen LogP contribution < -0.4 is 18.9 Å². The molecule has 4 rings (SSSR count). The normalized spacial score (nSPS) is 9.91. The van der Waals surface area contributed by atoms with Crippen LogP contribution in [0.2, 0.25) is 0 Å². The zero-order valence-electron chi connectivity index (χ0n) is 13.1. The van der Waals surface area contributed by atoms with Crippen molar-refractivity contribution in [3.05, 3.63) is 91.0 Å². The fourth-order valence-electron chi connectivity index (χ4n) is 2.98. The number of hydrogen-bond donors (Lipinski definition) is 0. The Labute approximate surface area is 166 Å². The minimum absolute atomic E-state index is 0. The zero-order chi connectivity index (χ0) is 14.1. The van der Waals surface area contributed by atoms with Gasteiger partial charge in [-0.2, -0.15) is 12.1 Å². The predicted molar refractivity (Wildman–Crippen MR) is 106 cm³/mol. The molecule has 0 aromatic heterocycles. The molecule has 0 amide bonds. The maximum atomic E-state index is 2.21. The zero-order valence-corrected chi connectivity index (χ0v) is 15.4. The third-order valence-corrected chi connectivity index (χ3v) is 3.98. The first-order chi connectivity index (χ1) is 10.4. The van der Waals surface area contributed by atoms with E-state index in [1.54, 1.807) is 0 Å². The van der Waals surface area contributed by atoms with Crippen molar-refractivity contribution in [3.63, 3.8) is 0 Å². The van der Waals surface area contributed by atoms with Crippen LogP contribution in [-0.4, -0.2) is 0 Å². The first-order valence-electron chi connectivity index (χ1n) is 7.23. The molecule has 0 aliphatic rings. The Balaban J connectivity index is 0.000000960. The van der Waals surface area contributed by atoms with Crippen molar-refractivity contribution in [2.75, 3.05) is 0 Å². The van der Waals surface area contributed by atoms with Gasteiger partial charge in [-0.1, -0.05) is 66.2 Å². The van der Waals surface area contributed by atoms with Crippen molar-refractivity contribution in [1.29, 1.82) is 0 Å². The topological polar surface area (TPSA) is 0 Å². The summed E-state index contributed by atoms with van der Waals surface area (Å²) < 4.78 is 0. The summed E-state index contributed by atoms with van der Waals surface area (Å²) in [5.74, 6) is 0. The fourth-order valence-corrected chi connectivity index (χ4v) is 2.98. The van der Waals surface area contributed by atoms with Crippen LogP contribution in [0.15, 0.2) is 91.0 Å². The third kappa shape index (κ3) is 3.43. The molecular weight excluding hydrogens is 386 g/mol. The maximum absolute atomic E-state index is 2.21. The summed E-state index contributed by atoms with van der Waals surface area (Å²) in [7, 11) is 0. The van der Waals surface area contributed by atoms with E-state index in [2.05, 4.69) is 91.0 Å². The van der Waals surface area contributed by atoms with Crippen molar-refractivity contribution in [3.8, 4) is 22.3 Å². The average molecular weight is 402 g/mol. The van der Waals surface area contributed by atoms with Gasteiger partial charge in [-0.3, -0.25) is 0 Å². The molecule has 0 spiro atoms. The number of fused-ring (bicyclic) bond motifs is 1. The van der Waals surface area contributed by atoms with Crippen LogP contribution in [0.25, 0.3) is 33.0 Å². The second kappa shape index (κ2) is 7.92. The van der Waals surface area contributed by atoms with Gasteiger partial charge in [0.2, 0.25) is 0 Å². The monoisotopic (exact) mass is 402 g/mol. The summed E-state index contributed by atoms with van der Waals surface area (Å²) in [5.41, 5.74) is 5.14. The number of hydrogen-bond acceptors (Lipinski definition) is 0. The van der Waals surface area contributed by atoms with Crippen molar-refractivity contribution in [2.45, 2.75) is 0 Å². The van der Waals surface area contributed by atoms with Gasteiger partial charge in [-0.15, -0.1) is 52.9 Å². The fraction of sp³-hybridized carbons (Fsp3) is 0. The standard InChI is InChI=1S/C21H15.HI.Li/c1-2-8-16(9-3-1)18-12-4-5-13-20(18)21-15-7-11-17-10-6-14-19(17)21;;/h1-15H;1H;/q-1;;+1. The largest absolute Gasteiger partial charge is 1.00 e. The van der Waals surface area contributed by atoms with Gasteiger partial charge in [0.15, 0.2) is 0 Å². The predicted octanol–water partition coefficient (Wildman–Crippen LogP) is 3.51. The van der Waals surface area contributed by atoms with Gasteiger partial charge in [-0.05, 0) is 16.7 Å². The third-order valence-electron chi connectivity index (χ3n) is 3.98. The molecule has 0 aliphatic heterocycles. The van der Waals surface area contributed by atoms with Crippen LogP contribution in [0, 0.1) is 0 Å². The van der Waals surface area contributed by atoms with E-state index in [0.717, 1.165) is 0 Å². The molecule has 0 heterocycles. The summed E-state index contributed by atoms with van der Waals surface area (Å²) >= 11 is 0. The Morgan fingerprint density at radius 1 is 0.565 bits per heavy atom. The van der Waals surface area contributed by atoms with Gasteiger partial charge < -0.3 is 0 Å². The minimum atomic E-state index is 0. The molecule has 0 atom stereocenters. The molecule has 23 heavy (non-hydrogen) atoms. The molecule has 0 aliphatic carbocycles. The first kappa shape index (κ1) is 17.9. The Hall–Kier alpha value is -1.40. The molecule has 4 aromatic carbocycles. The summed E-state index contributed by atoms with van der Waals surface area (Å²) in [5, 5.41) is 2.62. The van der Waals surface area contributed by atoms with E-state index in [4.69, 9.17) is 0 Å². The van der Waals surface area contributed by atoms with Crippen molar-refractivity contribution in [2.24, 2.45) is 0 Å². The molecule has 0 radical (unpaired) electrons. The Morgan fingerprint density at radius 2 is 1.22 bits per heavy atom. The van der Waals surface area contributed by atoms with Crippen LogP contribution in [0.4, 0.5) is 0 Å². The molecule has 0 saturated heterocycles. The van der Waals surface area contributed by atoms with Crippen molar-refractivity contribution < 1.29 is 18.9 Å². The van der Waals surface area contributed by atoms with Gasteiger partial charge in [0.1, 0.15) is 0 Å². The second-order valence-electron chi connectivity index (χ2n) is 5.25. The molecule has 2 heteroatoms. The van der Waals surface area contributed by atoms with E-state index < -0.39 is 0 Å². The number of rotatable bonds is 2. The molecule has 0 bridgehead atoms.